The van der Waals surface area contributed by atoms with E-state index >= 15 is 0 Å². The van der Waals surface area contributed by atoms with Crippen molar-refractivity contribution in [1.82, 2.24) is 9.78 Å². The lowest BCUT2D eigenvalue weighted by molar-refractivity contribution is -0.119. The molecule has 34 heavy (non-hydrogen) atoms. The second kappa shape index (κ2) is 11.2. The molecule has 2 aromatic carbocycles. The van der Waals surface area contributed by atoms with Gasteiger partial charge in [0.1, 0.15) is 5.56 Å². The number of aryl methyl sites for hydroxylation is 1. The molecule has 0 radical (unpaired) electrons. The molecule has 8 nitrogen and oxygen atoms in total. The number of nitrogens with one attached hydrogen (secondary N) is 1. The van der Waals surface area contributed by atoms with Gasteiger partial charge in [0.05, 0.1) is 35.8 Å². The summed E-state index contributed by atoms with van der Waals surface area (Å²) in [6, 6.07) is 11.6. The molecule has 0 fully saturated rings. The number of halogens is 2. The van der Waals surface area contributed by atoms with Crippen LogP contribution in [-0.2, 0) is 20.8 Å². The summed E-state index contributed by atoms with van der Waals surface area (Å²) >= 11 is 12.5. The molecule has 0 aliphatic carbocycles. The van der Waals surface area contributed by atoms with Gasteiger partial charge < -0.3 is 14.8 Å². The smallest absolute Gasteiger partial charge is 0.342 e. The number of rotatable bonds is 8. The number of hydrogen-bond acceptors (Lipinski definition) is 6. The van der Waals surface area contributed by atoms with Crippen molar-refractivity contribution in [2.75, 3.05) is 18.5 Å². The number of benzene rings is 2. The van der Waals surface area contributed by atoms with E-state index in [9.17, 15) is 14.4 Å². The van der Waals surface area contributed by atoms with E-state index in [1.807, 2.05) is 0 Å². The highest BCUT2D eigenvalue weighted by molar-refractivity contribution is 6.36. The summed E-state index contributed by atoms with van der Waals surface area (Å²) in [6.45, 7) is 5.00. The third kappa shape index (κ3) is 5.76. The maximum atomic E-state index is 12.7. The highest BCUT2D eigenvalue weighted by atomic mass is 35.5. The summed E-state index contributed by atoms with van der Waals surface area (Å²) in [5, 5.41) is 7.95. The minimum Gasteiger partial charge on any atom is -0.462 e. The Morgan fingerprint density at radius 3 is 2.32 bits per heavy atom. The van der Waals surface area contributed by atoms with Gasteiger partial charge in [0.15, 0.2) is 6.61 Å². The van der Waals surface area contributed by atoms with Crippen LogP contribution in [-0.4, -0.2) is 40.8 Å². The predicted octanol–water partition coefficient (Wildman–Crippen LogP) is 4.83. The number of hydrogen-bond donors (Lipinski definition) is 1. The topological polar surface area (TPSA) is 99.5 Å². The van der Waals surface area contributed by atoms with Crippen molar-refractivity contribution < 1.29 is 23.9 Å². The maximum Gasteiger partial charge on any atom is 0.342 e. The summed E-state index contributed by atoms with van der Waals surface area (Å²) in [5.41, 5.74) is 2.39. The third-order valence-electron chi connectivity index (χ3n) is 4.99. The quantitative estimate of drug-likeness (QED) is 0.442. The van der Waals surface area contributed by atoms with Gasteiger partial charge >= 0.3 is 11.9 Å². The molecule has 0 aliphatic rings. The molecule has 0 bridgehead atoms. The molecular formula is C24H23Cl2N3O5. The van der Waals surface area contributed by atoms with E-state index in [2.05, 4.69) is 10.4 Å². The average molecular weight is 504 g/mol. The van der Waals surface area contributed by atoms with Gasteiger partial charge in [0, 0.05) is 15.6 Å². The first-order valence-corrected chi connectivity index (χ1v) is 11.2. The number of nitrogens with zero attached hydrogens (tertiary/aromatic N) is 2. The van der Waals surface area contributed by atoms with E-state index in [4.69, 9.17) is 32.7 Å². The Balaban J connectivity index is 1.68. The number of anilines is 1. The number of aromatic nitrogens is 2. The van der Waals surface area contributed by atoms with Crippen LogP contribution in [0.2, 0.25) is 10.0 Å². The number of amides is 1. The lowest BCUT2D eigenvalue weighted by atomic mass is 10.2. The first-order valence-electron chi connectivity index (χ1n) is 10.4. The number of esters is 2. The first kappa shape index (κ1) is 25.3. The Hall–Kier alpha value is -3.36. The molecule has 3 rings (SSSR count). The van der Waals surface area contributed by atoms with E-state index in [1.54, 1.807) is 61.9 Å². The minimum atomic E-state index is -0.694. The van der Waals surface area contributed by atoms with E-state index in [0.29, 0.717) is 27.0 Å². The molecule has 178 valence electrons. The van der Waals surface area contributed by atoms with Crippen LogP contribution in [0.3, 0.4) is 0 Å². The Morgan fingerprint density at radius 2 is 1.65 bits per heavy atom. The summed E-state index contributed by atoms with van der Waals surface area (Å²) in [6.07, 6.45) is 0. The van der Waals surface area contributed by atoms with Crippen molar-refractivity contribution in [2.45, 2.75) is 27.3 Å². The Labute approximate surface area is 206 Å². The van der Waals surface area contributed by atoms with Crippen LogP contribution >= 0.6 is 23.2 Å². The van der Waals surface area contributed by atoms with Gasteiger partial charge in [-0.1, -0.05) is 41.4 Å². The zero-order valence-corrected chi connectivity index (χ0v) is 20.4. The molecule has 0 spiro atoms. The van der Waals surface area contributed by atoms with Crippen LogP contribution in [0.4, 0.5) is 5.69 Å². The Bertz CT molecular complexity index is 1220. The normalized spacial score (nSPS) is 10.6. The van der Waals surface area contributed by atoms with Crippen molar-refractivity contribution in [3.05, 3.63) is 80.6 Å². The lowest BCUT2D eigenvalue weighted by Gasteiger charge is -2.11. The molecule has 3 aromatic rings. The second-order valence-electron chi connectivity index (χ2n) is 7.29. The maximum absolute atomic E-state index is 12.7. The van der Waals surface area contributed by atoms with E-state index < -0.39 is 24.5 Å². The minimum absolute atomic E-state index is 0.202. The first-order chi connectivity index (χ1) is 16.2. The highest BCUT2D eigenvalue weighted by Crippen LogP contribution is 2.26. The van der Waals surface area contributed by atoms with Gasteiger partial charge in [-0.15, -0.1) is 0 Å². The zero-order chi connectivity index (χ0) is 24.8. The zero-order valence-electron chi connectivity index (χ0n) is 18.9. The van der Waals surface area contributed by atoms with Crippen LogP contribution in [0.5, 0.6) is 0 Å². The molecule has 1 heterocycles. The number of para-hydroxylation sites is 1. The van der Waals surface area contributed by atoms with E-state index in [0.717, 1.165) is 0 Å². The standard InChI is InChI=1S/C24H23Cl2N3O5/c1-4-33-23(31)16-8-5-6-11-20(16)27-21(30)13-34-24(32)22-14(2)28-29(15(22)3)12-17-18(25)9-7-10-19(17)26/h5-11H,4,12-13H2,1-3H3,(H,27,30). The summed E-state index contributed by atoms with van der Waals surface area (Å²) in [5.74, 6) is -1.86. The molecule has 0 saturated heterocycles. The molecule has 1 N–H and O–H groups in total. The molecule has 1 amide bonds. The molecule has 0 atom stereocenters. The largest absolute Gasteiger partial charge is 0.462 e. The molecule has 0 unspecified atom stereocenters. The van der Waals surface area contributed by atoms with Crippen LogP contribution < -0.4 is 5.32 Å². The predicted molar refractivity (Wildman–Crippen MR) is 129 cm³/mol. The van der Waals surface area contributed by atoms with Gasteiger partial charge in [-0.2, -0.15) is 5.10 Å². The fourth-order valence-electron chi connectivity index (χ4n) is 3.35. The number of carbonyl (C=O) groups is 3. The molecule has 0 saturated carbocycles. The number of carbonyl (C=O) groups excluding carboxylic acids is 3. The summed E-state index contributed by atoms with van der Waals surface area (Å²) in [7, 11) is 0. The van der Waals surface area contributed by atoms with Crippen molar-refractivity contribution in [3.8, 4) is 0 Å². The van der Waals surface area contributed by atoms with Crippen molar-refractivity contribution in [3.63, 3.8) is 0 Å². The van der Waals surface area contributed by atoms with Gasteiger partial charge in [-0.25, -0.2) is 9.59 Å². The Kier molecular flexibility index (Phi) is 8.31. The van der Waals surface area contributed by atoms with Gasteiger partial charge in [-0.05, 0) is 45.0 Å². The molecule has 0 aliphatic heterocycles. The average Bonchev–Trinajstić information content (AvgIpc) is 3.08. The van der Waals surface area contributed by atoms with Crippen LogP contribution in [0.15, 0.2) is 42.5 Å². The fourth-order valence-corrected chi connectivity index (χ4v) is 3.86. The summed E-state index contributed by atoms with van der Waals surface area (Å²) in [4.78, 5) is 37.2. The molecule has 1 aromatic heterocycles. The molecular weight excluding hydrogens is 481 g/mol. The Morgan fingerprint density at radius 1 is 0.971 bits per heavy atom. The highest BCUT2D eigenvalue weighted by Gasteiger charge is 2.22. The number of ether oxygens (including phenoxy) is 2. The van der Waals surface area contributed by atoms with Crippen molar-refractivity contribution in [2.24, 2.45) is 0 Å². The monoisotopic (exact) mass is 503 g/mol. The van der Waals surface area contributed by atoms with Crippen molar-refractivity contribution in [1.29, 1.82) is 0 Å². The summed E-state index contributed by atoms with van der Waals surface area (Å²) < 4.78 is 11.8. The SMILES string of the molecule is CCOC(=O)c1ccccc1NC(=O)COC(=O)c1c(C)nn(Cc2c(Cl)cccc2Cl)c1C. The van der Waals surface area contributed by atoms with Gasteiger partial charge in [0.25, 0.3) is 5.91 Å². The fraction of sp³-hybridized carbons (Fsp3) is 0.250. The third-order valence-corrected chi connectivity index (χ3v) is 5.69. The van der Waals surface area contributed by atoms with Crippen LogP contribution in [0.1, 0.15) is 44.6 Å². The van der Waals surface area contributed by atoms with Crippen molar-refractivity contribution >= 4 is 46.7 Å². The van der Waals surface area contributed by atoms with E-state index in [-0.39, 0.29) is 30.0 Å². The van der Waals surface area contributed by atoms with Crippen LogP contribution in [0.25, 0.3) is 0 Å². The second-order valence-corrected chi connectivity index (χ2v) is 8.11. The van der Waals surface area contributed by atoms with E-state index in [1.165, 1.54) is 6.07 Å². The van der Waals surface area contributed by atoms with Gasteiger partial charge in [0.2, 0.25) is 0 Å². The van der Waals surface area contributed by atoms with Gasteiger partial charge in [-0.3, -0.25) is 9.48 Å². The van der Waals surface area contributed by atoms with Crippen LogP contribution in [0, 0.1) is 13.8 Å². The molecule has 10 heteroatoms. The lowest BCUT2D eigenvalue weighted by Crippen LogP contribution is -2.22.